The molecule has 2 nitrogen and oxygen atoms in total. The first-order chi connectivity index (χ1) is 9.36. The smallest absolute Gasteiger partial charge is 0.0799 e. The quantitative estimate of drug-likeness (QED) is 0.887. The van der Waals surface area contributed by atoms with E-state index in [4.69, 9.17) is 0 Å². The van der Waals surface area contributed by atoms with Crippen molar-refractivity contribution in [2.45, 2.75) is 32.2 Å². The normalized spacial score (nSPS) is 18.2. The first kappa shape index (κ1) is 12.4. The van der Waals surface area contributed by atoms with Gasteiger partial charge in [-0.2, -0.15) is 5.10 Å². The summed E-state index contributed by atoms with van der Waals surface area (Å²) in [5, 5.41) is 6.57. The van der Waals surface area contributed by atoms with E-state index in [1.54, 1.807) is 11.3 Å². The van der Waals surface area contributed by atoms with E-state index >= 15 is 0 Å². The molecule has 1 atom stereocenters. The average Bonchev–Trinajstić information content (AvgIpc) is 3.11. The number of nitrogens with one attached hydrogen (secondary N) is 1. The number of hydrazone groups is 1. The van der Waals surface area contributed by atoms with Gasteiger partial charge in [0.05, 0.1) is 16.6 Å². The number of hydrogen-bond acceptors (Lipinski definition) is 3. The van der Waals surface area contributed by atoms with E-state index in [2.05, 4.69) is 59.2 Å². The van der Waals surface area contributed by atoms with Crippen molar-refractivity contribution in [3.8, 4) is 0 Å². The highest BCUT2D eigenvalue weighted by Crippen LogP contribution is 2.26. The lowest BCUT2D eigenvalue weighted by molar-refractivity contribution is 0.620. The van der Waals surface area contributed by atoms with Crippen LogP contribution in [0, 0.1) is 0 Å². The van der Waals surface area contributed by atoms with Gasteiger partial charge < -0.3 is 5.43 Å². The second-order valence-corrected chi connectivity index (χ2v) is 5.86. The SMILES string of the molecule is CCCc1ccc(C2CC(c3cccs3)=NN2)cc1. The largest absolute Gasteiger partial charge is 0.302 e. The fourth-order valence-corrected chi connectivity index (χ4v) is 3.16. The van der Waals surface area contributed by atoms with Gasteiger partial charge in [0, 0.05) is 6.42 Å². The molecule has 0 saturated carbocycles. The summed E-state index contributed by atoms with van der Waals surface area (Å²) in [6.45, 7) is 2.22. The van der Waals surface area contributed by atoms with E-state index in [1.807, 2.05) is 0 Å². The van der Waals surface area contributed by atoms with Gasteiger partial charge in [-0.15, -0.1) is 11.3 Å². The summed E-state index contributed by atoms with van der Waals surface area (Å²) in [4.78, 5) is 1.28. The van der Waals surface area contributed by atoms with Crippen LogP contribution in [0.4, 0.5) is 0 Å². The molecule has 1 aromatic heterocycles. The highest BCUT2D eigenvalue weighted by molar-refractivity contribution is 7.12. The summed E-state index contributed by atoms with van der Waals surface area (Å²) in [6.07, 6.45) is 3.34. The minimum absolute atomic E-state index is 0.327. The van der Waals surface area contributed by atoms with Crippen LogP contribution in [0.15, 0.2) is 46.9 Å². The van der Waals surface area contributed by atoms with Crippen molar-refractivity contribution in [3.63, 3.8) is 0 Å². The minimum atomic E-state index is 0.327. The zero-order chi connectivity index (χ0) is 13.1. The predicted octanol–water partition coefficient (Wildman–Crippen LogP) is 4.14. The van der Waals surface area contributed by atoms with E-state index < -0.39 is 0 Å². The highest BCUT2D eigenvalue weighted by atomic mass is 32.1. The third-order valence-electron chi connectivity index (χ3n) is 3.48. The summed E-state index contributed by atoms with van der Waals surface area (Å²) in [5.41, 5.74) is 7.18. The lowest BCUT2D eigenvalue weighted by atomic mass is 10.00. The van der Waals surface area contributed by atoms with Crippen LogP contribution < -0.4 is 5.43 Å². The van der Waals surface area contributed by atoms with E-state index in [1.165, 1.54) is 28.1 Å². The zero-order valence-corrected chi connectivity index (χ0v) is 11.9. The molecule has 0 fully saturated rings. The van der Waals surface area contributed by atoms with E-state index in [9.17, 15) is 0 Å². The molecule has 0 aliphatic carbocycles. The van der Waals surface area contributed by atoms with Gasteiger partial charge in [-0.25, -0.2) is 0 Å². The summed E-state index contributed by atoms with van der Waals surface area (Å²) in [5.74, 6) is 0. The van der Waals surface area contributed by atoms with Crippen LogP contribution in [0.3, 0.4) is 0 Å². The van der Waals surface area contributed by atoms with Crippen LogP contribution in [0.25, 0.3) is 0 Å². The highest BCUT2D eigenvalue weighted by Gasteiger charge is 2.21. The second-order valence-electron chi connectivity index (χ2n) is 4.91. The van der Waals surface area contributed by atoms with Crippen molar-refractivity contribution in [1.29, 1.82) is 0 Å². The van der Waals surface area contributed by atoms with Crippen molar-refractivity contribution in [2.24, 2.45) is 5.10 Å². The first-order valence-corrected chi connectivity index (χ1v) is 7.69. The molecule has 3 rings (SSSR count). The van der Waals surface area contributed by atoms with Crippen LogP contribution in [0.1, 0.15) is 41.8 Å². The number of nitrogens with zero attached hydrogens (tertiary/aromatic N) is 1. The molecule has 1 unspecified atom stereocenters. The van der Waals surface area contributed by atoms with Gasteiger partial charge in [0.1, 0.15) is 0 Å². The van der Waals surface area contributed by atoms with Gasteiger partial charge in [-0.05, 0) is 29.0 Å². The Hall–Kier alpha value is -1.61. The van der Waals surface area contributed by atoms with E-state index in [-0.39, 0.29) is 0 Å². The topological polar surface area (TPSA) is 24.4 Å². The summed E-state index contributed by atoms with van der Waals surface area (Å²) in [7, 11) is 0. The molecular formula is C16H18N2S. The Morgan fingerprint density at radius 1 is 1.26 bits per heavy atom. The predicted molar refractivity (Wildman–Crippen MR) is 81.8 cm³/mol. The standard InChI is InChI=1S/C16H18N2S/c1-2-4-12-6-8-13(9-7-12)14-11-15(18-17-14)16-5-3-10-19-16/h3,5-10,14,17H,2,4,11H2,1H3. The molecule has 0 spiro atoms. The molecule has 19 heavy (non-hydrogen) atoms. The molecule has 1 aliphatic heterocycles. The molecule has 0 amide bonds. The summed E-state index contributed by atoms with van der Waals surface area (Å²) in [6, 6.07) is 13.5. The van der Waals surface area contributed by atoms with Gasteiger partial charge in [0.2, 0.25) is 0 Å². The molecule has 3 heteroatoms. The Labute approximate surface area is 118 Å². The molecule has 0 saturated heterocycles. The average molecular weight is 270 g/mol. The third kappa shape index (κ3) is 2.71. The Bertz CT molecular complexity index is 555. The molecular weight excluding hydrogens is 252 g/mol. The monoisotopic (exact) mass is 270 g/mol. The maximum Gasteiger partial charge on any atom is 0.0799 e. The molecule has 2 aromatic rings. The van der Waals surface area contributed by atoms with Crippen LogP contribution in [0.2, 0.25) is 0 Å². The van der Waals surface area contributed by atoms with Gasteiger partial charge in [-0.1, -0.05) is 43.7 Å². The fraction of sp³-hybridized carbons (Fsp3) is 0.312. The van der Waals surface area contributed by atoms with Crippen molar-refractivity contribution in [1.82, 2.24) is 5.43 Å². The van der Waals surface area contributed by atoms with Gasteiger partial charge >= 0.3 is 0 Å². The lowest BCUT2D eigenvalue weighted by Crippen LogP contribution is -2.09. The Morgan fingerprint density at radius 3 is 2.79 bits per heavy atom. The molecule has 1 aliphatic rings. The number of benzene rings is 1. The van der Waals surface area contributed by atoms with Crippen LogP contribution in [0.5, 0.6) is 0 Å². The third-order valence-corrected chi connectivity index (χ3v) is 4.40. The van der Waals surface area contributed by atoms with Crippen molar-refractivity contribution in [3.05, 3.63) is 57.8 Å². The Morgan fingerprint density at radius 2 is 2.11 bits per heavy atom. The second kappa shape index (κ2) is 5.57. The lowest BCUT2D eigenvalue weighted by Gasteiger charge is -2.10. The minimum Gasteiger partial charge on any atom is -0.302 e. The van der Waals surface area contributed by atoms with Gasteiger partial charge in [0.25, 0.3) is 0 Å². The molecule has 98 valence electrons. The van der Waals surface area contributed by atoms with E-state index in [0.717, 1.165) is 12.8 Å². The number of rotatable bonds is 4. The van der Waals surface area contributed by atoms with Gasteiger partial charge in [-0.3, -0.25) is 0 Å². The number of hydrogen-bond donors (Lipinski definition) is 1. The fourth-order valence-electron chi connectivity index (χ4n) is 2.44. The number of thiophene rings is 1. The Balaban J connectivity index is 1.69. The van der Waals surface area contributed by atoms with Crippen molar-refractivity contribution >= 4 is 17.0 Å². The molecule has 1 N–H and O–H groups in total. The molecule has 0 bridgehead atoms. The molecule has 2 heterocycles. The van der Waals surface area contributed by atoms with Gasteiger partial charge in [0.15, 0.2) is 0 Å². The summed E-state index contributed by atoms with van der Waals surface area (Å²) >= 11 is 1.76. The number of aryl methyl sites for hydroxylation is 1. The van der Waals surface area contributed by atoms with Crippen molar-refractivity contribution in [2.75, 3.05) is 0 Å². The molecule has 0 radical (unpaired) electrons. The van der Waals surface area contributed by atoms with Crippen LogP contribution in [-0.2, 0) is 6.42 Å². The summed E-state index contributed by atoms with van der Waals surface area (Å²) < 4.78 is 0. The van der Waals surface area contributed by atoms with Crippen LogP contribution >= 0.6 is 11.3 Å². The van der Waals surface area contributed by atoms with E-state index in [0.29, 0.717) is 6.04 Å². The van der Waals surface area contributed by atoms with Crippen LogP contribution in [-0.4, -0.2) is 5.71 Å². The molecule has 1 aromatic carbocycles. The van der Waals surface area contributed by atoms with Crippen molar-refractivity contribution < 1.29 is 0 Å². The Kier molecular flexibility index (Phi) is 3.65. The zero-order valence-electron chi connectivity index (χ0n) is 11.1. The first-order valence-electron chi connectivity index (χ1n) is 6.81. The maximum absolute atomic E-state index is 4.47. The maximum atomic E-state index is 4.47.